The average Bonchev–Trinajstić information content (AvgIpc) is 3.01. The largest absolute Gasteiger partial charge is 0.370 e. The van der Waals surface area contributed by atoms with Gasteiger partial charge in [0.25, 0.3) is 0 Å². The minimum absolute atomic E-state index is 0.427. The van der Waals surface area contributed by atoms with Crippen molar-refractivity contribution >= 4 is 34.5 Å². The van der Waals surface area contributed by atoms with Crippen LogP contribution in [0.25, 0.3) is 11.0 Å². The molecule has 0 spiro atoms. The topological polar surface area (TPSA) is 88.5 Å². The molecule has 140 valence electrons. The van der Waals surface area contributed by atoms with E-state index in [1.807, 2.05) is 35.9 Å². The van der Waals surface area contributed by atoms with E-state index < -0.39 is 0 Å². The maximum atomic E-state index is 6.22. The Hall–Kier alpha value is -2.87. The van der Waals surface area contributed by atoms with Gasteiger partial charge >= 0.3 is 0 Å². The third-order valence-corrected chi connectivity index (χ3v) is 4.99. The Morgan fingerprint density at radius 1 is 1.19 bits per heavy atom. The van der Waals surface area contributed by atoms with Crippen LogP contribution in [0.5, 0.6) is 0 Å². The molecule has 3 aromatic rings. The van der Waals surface area contributed by atoms with E-state index in [1.54, 1.807) is 12.4 Å². The lowest BCUT2D eigenvalue weighted by atomic mass is 10.3. The standard InChI is InChI=1S/C18H21ClN8/c1-25-15-4-3-13(19)11-14(15)24-16(25)12-23-17(20)26-7-9-27(10-8-26)18-21-5-2-6-22-18/h2-6,11H,7-10,12H2,1H3,(H2,20,23). The molecule has 0 saturated carbocycles. The number of piperazine rings is 1. The van der Waals surface area contributed by atoms with Crippen LogP contribution in [0.1, 0.15) is 5.82 Å². The highest BCUT2D eigenvalue weighted by atomic mass is 35.5. The summed E-state index contributed by atoms with van der Waals surface area (Å²) in [5.74, 6) is 2.14. The number of rotatable bonds is 3. The van der Waals surface area contributed by atoms with E-state index in [0.29, 0.717) is 17.5 Å². The highest BCUT2D eigenvalue weighted by molar-refractivity contribution is 6.31. The summed E-state index contributed by atoms with van der Waals surface area (Å²) in [5, 5.41) is 0.676. The van der Waals surface area contributed by atoms with Crippen LogP contribution in [-0.4, -0.2) is 56.6 Å². The summed E-state index contributed by atoms with van der Waals surface area (Å²) < 4.78 is 2.02. The number of benzene rings is 1. The van der Waals surface area contributed by atoms with Crippen molar-refractivity contribution in [2.24, 2.45) is 17.8 Å². The first-order chi connectivity index (χ1) is 13.1. The predicted octanol–water partition coefficient (Wildman–Crippen LogP) is 1.65. The second kappa shape index (κ2) is 7.40. The second-order valence-corrected chi connectivity index (χ2v) is 6.85. The lowest BCUT2D eigenvalue weighted by Gasteiger charge is -2.35. The lowest BCUT2D eigenvalue weighted by Crippen LogP contribution is -2.51. The zero-order valence-corrected chi connectivity index (χ0v) is 15.8. The Morgan fingerprint density at radius 2 is 1.93 bits per heavy atom. The van der Waals surface area contributed by atoms with Gasteiger partial charge in [-0.1, -0.05) is 11.6 Å². The highest BCUT2D eigenvalue weighted by Gasteiger charge is 2.20. The molecule has 1 saturated heterocycles. The van der Waals surface area contributed by atoms with Crippen molar-refractivity contribution in [1.82, 2.24) is 24.4 Å². The molecule has 1 aliphatic rings. The summed E-state index contributed by atoms with van der Waals surface area (Å²) in [6, 6.07) is 7.51. The predicted molar refractivity (Wildman–Crippen MR) is 107 cm³/mol. The fourth-order valence-electron chi connectivity index (χ4n) is 3.21. The van der Waals surface area contributed by atoms with Gasteiger partial charge in [0, 0.05) is 50.6 Å². The average molecular weight is 385 g/mol. The van der Waals surface area contributed by atoms with Crippen LogP contribution in [-0.2, 0) is 13.6 Å². The second-order valence-electron chi connectivity index (χ2n) is 6.42. The number of guanidine groups is 1. The Bertz CT molecular complexity index is 960. The van der Waals surface area contributed by atoms with Gasteiger partial charge < -0.3 is 20.1 Å². The number of nitrogens with two attached hydrogens (primary N) is 1. The monoisotopic (exact) mass is 384 g/mol. The minimum Gasteiger partial charge on any atom is -0.370 e. The number of aromatic nitrogens is 4. The summed E-state index contributed by atoms with van der Waals surface area (Å²) in [4.78, 5) is 22.0. The van der Waals surface area contributed by atoms with Crippen LogP contribution in [0.2, 0.25) is 5.02 Å². The van der Waals surface area contributed by atoms with Gasteiger partial charge in [0.05, 0.1) is 11.0 Å². The smallest absolute Gasteiger partial charge is 0.225 e. The fraction of sp³-hybridized carbons (Fsp3) is 0.333. The first-order valence-electron chi connectivity index (χ1n) is 8.79. The van der Waals surface area contributed by atoms with Gasteiger partial charge in [-0.25, -0.2) is 19.9 Å². The number of aryl methyl sites for hydroxylation is 1. The molecule has 3 heterocycles. The zero-order chi connectivity index (χ0) is 18.8. The van der Waals surface area contributed by atoms with Gasteiger partial charge in [0.2, 0.25) is 5.95 Å². The number of fused-ring (bicyclic) bond motifs is 1. The molecule has 0 amide bonds. The molecule has 9 heteroatoms. The van der Waals surface area contributed by atoms with Crippen molar-refractivity contribution in [3.05, 3.63) is 47.5 Å². The van der Waals surface area contributed by atoms with Crippen molar-refractivity contribution in [3.8, 4) is 0 Å². The van der Waals surface area contributed by atoms with Crippen molar-refractivity contribution in [3.63, 3.8) is 0 Å². The van der Waals surface area contributed by atoms with Crippen molar-refractivity contribution in [2.45, 2.75) is 6.54 Å². The normalized spacial score (nSPS) is 15.6. The van der Waals surface area contributed by atoms with Crippen molar-refractivity contribution < 1.29 is 0 Å². The van der Waals surface area contributed by atoms with E-state index in [4.69, 9.17) is 17.3 Å². The summed E-state index contributed by atoms with van der Waals surface area (Å²) in [5.41, 5.74) is 8.11. The molecule has 0 unspecified atom stereocenters. The number of nitrogens with zero attached hydrogens (tertiary/aromatic N) is 7. The highest BCUT2D eigenvalue weighted by Crippen LogP contribution is 2.20. The Morgan fingerprint density at radius 3 is 2.67 bits per heavy atom. The van der Waals surface area contributed by atoms with Gasteiger partial charge in [-0.05, 0) is 24.3 Å². The fourth-order valence-corrected chi connectivity index (χ4v) is 3.37. The number of halogens is 1. The number of aliphatic imine (C=N–C) groups is 1. The van der Waals surface area contributed by atoms with E-state index in [0.717, 1.165) is 49.0 Å². The Labute approximate surface area is 162 Å². The molecule has 0 bridgehead atoms. The van der Waals surface area contributed by atoms with Crippen LogP contribution < -0.4 is 10.6 Å². The van der Waals surface area contributed by atoms with Crippen LogP contribution in [0.15, 0.2) is 41.7 Å². The summed E-state index contributed by atoms with van der Waals surface area (Å²) >= 11 is 6.05. The third kappa shape index (κ3) is 3.66. The number of imidazole rings is 1. The summed E-state index contributed by atoms with van der Waals surface area (Å²) in [6.07, 6.45) is 3.52. The molecule has 2 aromatic heterocycles. The van der Waals surface area contributed by atoms with Crippen molar-refractivity contribution in [2.75, 3.05) is 31.1 Å². The molecule has 0 aliphatic carbocycles. The van der Waals surface area contributed by atoms with E-state index >= 15 is 0 Å². The van der Waals surface area contributed by atoms with E-state index in [-0.39, 0.29) is 0 Å². The molecular formula is C18H21ClN8. The number of anilines is 1. The number of hydrogen-bond donors (Lipinski definition) is 1. The summed E-state index contributed by atoms with van der Waals surface area (Å²) in [6.45, 7) is 3.62. The molecular weight excluding hydrogens is 364 g/mol. The van der Waals surface area contributed by atoms with Crippen LogP contribution >= 0.6 is 11.6 Å². The van der Waals surface area contributed by atoms with Gasteiger partial charge in [-0.3, -0.25) is 0 Å². The Balaban J connectivity index is 1.41. The summed E-state index contributed by atoms with van der Waals surface area (Å²) in [7, 11) is 1.98. The van der Waals surface area contributed by atoms with Crippen LogP contribution in [0.4, 0.5) is 5.95 Å². The van der Waals surface area contributed by atoms with Crippen LogP contribution in [0, 0.1) is 0 Å². The SMILES string of the molecule is Cn1c(CN=C(N)N2CCN(c3ncccn3)CC2)nc2cc(Cl)ccc21. The van der Waals surface area contributed by atoms with Gasteiger partial charge in [-0.15, -0.1) is 0 Å². The molecule has 8 nitrogen and oxygen atoms in total. The lowest BCUT2D eigenvalue weighted by molar-refractivity contribution is 0.378. The first-order valence-corrected chi connectivity index (χ1v) is 9.17. The Kier molecular flexibility index (Phi) is 4.81. The molecule has 0 atom stereocenters. The quantitative estimate of drug-likeness (QED) is 0.545. The maximum absolute atomic E-state index is 6.22. The maximum Gasteiger partial charge on any atom is 0.225 e. The molecule has 0 radical (unpaired) electrons. The van der Waals surface area contributed by atoms with Crippen molar-refractivity contribution in [1.29, 1.82) is 0 Å². The van der Waals surface area contributed by atoms with E-state index in [9.17, 15) is 0 Å². The number of hydrogen-bond acceptors (Lipinski definition) is 5. The first kappa shape index (κ1) is 17.5. The van der Waals surface area contributed by atoms with E-state index in [2.05, 4.69) is 29.7 Å². The minimum atomic E-state index is 0.427. The molecule has 2 N–H and O–H groups in total. The zero-order valence-electron chi connectivity index (χ0n) is 15.1. The van der Waals surface area contributed by atoms with Gasteiger partial charge in [0.15, 0.2) is 5.96 Å². The third-order valence-electron chi connectivity index (χ3n) is 4.76. The molecule has 1 aliphatic heterocycles. The van der Waals surface area contributed by atoms with Gasteiger partial charge in [-0.2, -0.15) is 0 Å². The van der Waals surface area contributed by atoms with Crippen LogP contribution in [0.3, 0.4) is 0 Å². The van der Waals surface area contributed by atoms with Gasteiger partial charge in [0.1, 0.15) is 12.4 Å². The molecule has 1 aromatic carbocycles. The molecule has 1 fully saturated rings. The molecule has 27 heavy (non-hydrogen) atoms. The molecule has 4 rings (SSSR count). The van der Waals surface area contributed by atoms with E-state index in [1.165, 1.54) is 0 Å².